The van der Waals surface area contributed by atoms with Gasteiger partial charge in [0.05, 0.1) is 17.5 Å². The van der Waals surface area contributed by atoms with E-state index < -0.39 is 0 Å². The maximum atomic E-state index is 12.4. The molecule has 1 heterocycles. The summed E-state index contributed by atoms with van der Waals surface area (Å²) < 4.78 is 0. The van der Waals surface area contributed by atoms with Crippen molar-refractivity contribution in [2.75, 3.05) is 4.90 Å². The van der Waals surface area contributed by atoms with Crippen molar-refractivity contribution in [3.63, 3.8) is 0 Å². The van der Waals surface area contributed by atoms with Crippen LogP contribution in [0, 0.1) is 17.8 Å². The Morgan fingerprint density at radius 1 is 1.21 bits per heavy atom. The lowest BCUT2D eigenvalue weighted by atomic mass is 10.00. The Hall–Kier alpha value is -1.84. The van der Waals surface area contributed by atoms with E-state index in [2.05, 4.69) is 6.92 Å². The summed E-state index contributed by atoms with van der Waals surface area (Å²) in [6, 6.07) is 6.33. The first-order valence-corrected chi connectivity index (χ1v) is 6.78. The van der Waals surface area contributed by atoms with E-state index >= 15 is 0 Å². The molecule has 4 heteroatoms. The van der Waals surface area contributed by atoms with Crippen molar-refractivity contribution in [2.24, 2.45) is 17.8 Å². The molecule has 1 saturated carbocycles. The average Bonchev–Trinajstić information content (AvgIpc) is 2.91. The Kier molecular flexibility index (Phi) is 2.81. The van der Waals surface area contributed by atoms with Crippen LogP contribution in [0.15, 0.2) is 24.3 Å². The molecule has 100 valence electrons. The van der Waals surface area contributed by atoms with Gasteiger partial charge >= 0.3 is 0 Å². The van der Waals surface area contributed by atoms with Gasteiger partial charge in [-0.3, -0.25) is 9.59 Å². The second kappa shape index (κ2) is 4.37. The predicted octanol–water partition coefficient (Wildman–Crippen LogP) is 2.32. The minimum absolute atomic E-state index is 0.0709. The van der Waals surface area contributed by atoms with Gasteiger partial charge in [0.2, 0.25) is 11.8 Å². The molecule has 3 rings (SSSR count). The van der Waals surface area contributed by atoms with Crippen molar-refractivity contribution in [1.82, 2.24) is 0 Å². The summed E-state index contributed by atoms with van der Waals surface area (Å²) in [7, 11) is 0. The molecule has 2 atom stereocenters. The van der Waals surface area contributed by atoms with E-state index in [-0.39, 0.29) is 29.4 Å². The second-order valence-electron chi connectivity index (χ2n) is 5.49. The fourth-order valence-corrected chi connectivity index (χ4v) is 3.35. The molecule has 2 fully saturated rings. The zero-order chi connectivity index (χ0) is 13.6. The van der Waals surface area contributed by atoms with Crippen molar-refractivity contribution in [1.29, 1.82) is 0 Å². The van der Waals surface area contributed by atoms with Gasteiger partial charge in [-0.2, -0.15) is 0 Å². The summed E-state index contributed by atoms with van der Waals surface area (Å²) in [6.45, 7) is 2.10. The van der Waals surface area contributed by atoms with Crippen LogP contribution in [0.3, 0.4) is 0 Å². The van der Waals surface area contributed by atoms with Gasteiger partial charge in [-0.25, -0.2) is 4.90 Å². The number of benzene rings is 1. The number of imide groups is 1. The van der Waals surface area contributed by atoms with Crippen LogP contribution in [0.25, 0.3) is 0 Å². The SMILES string of the molecule is CCC1CC2C(=O)N(c3cccc(O)c3)C(=O)C2C1. The molecule has 0 spiro atoms. The lowest BCUT2D eigenvalue weighted by Gasteiger charge is -2.17. The van der Waals surface area contributed by atoms with Gasteiger partial charge in [-0.15, -0.1) is 0 Å². The average molecular weight is 259 g/mol. The summed E-state index contributed by atoms with van der Waals surface area (Å²) in [5, 5.41) is 9.48. The Morgan fingerprint density at radius 2 is 1.84 bits per heavy atom. The third-order valence-electron chi connectivity index (χ3n) is 4.40. The molecule has 1 aromatic rings. The van der Waals surface area contributed by atoms with Crippen LogP contribution >= 0.6 is 0 Å². The van der Waals surface area contributed by atoms with Gasteiger partial charge in [-0.05, 0) is 30.9 Å². The third-order valence-corrected chi connectivity index (χ3v) is 4.40. The topological polar surface area (TPSA) is 57.6 Å². The van der Waals surface area contributed by atoms with Crippen molar-refractivity contribution < 1.29 is 14.7 Å². The molecule has 4 nitrogen and oxygen atoms in total. The van der Waals surface area contributed by atoms with E-state index in [1.807, 2.05) is 0 Å². The number of phenols is 1. The highest BCUT2D eigenvalue weighted by atomic mass is 16.3. The second-order valence-corrected chi connectivity index (χ2v) is 5.49. The molecule has 1 aliphatic carbocycles. The number of hydrogen-bond acceptors (Lipinski definition) is 3. The van der Waals surface area contributed by atoms with E-state index in [1.165, 1.54) is 17.0 Å². The van der Waals surface area contributed by atoms with Crippen molar-refractivity contribution in [3.05, 3.63) is 24.3 Å². The molecule has 2 unspecified atom stereocenters. The van der Waals surface area contributed by atoms with E-state index in [0.29, 0.717) is 11.6 Å². The number of carbonyl (C=O) groups is 2. The number of fused-ring (bicyclic) bond motifs is 1. The molecule has 0 aromatic heterocycles. The Balaban J connectivity index is 1.91. The molecule has 0 radical (unpaired) electrons. The minimum atomic E-state index is -0.153. The maximum absolute atomic E-state index is 12.4. The van der Waals surface area contributed by atoms with E-state index in [4.69, 9.17) is 0 Å². The summed E-state index contributed by atoms with van der Waals surface area (Å²) in [5.74, 6) is 0.0588. The summed E-state index contributed by atoms with van der Waals surface area (Å²) in [6.07, 6.45) is 2.67. The van der Waals surface area contributed by atoms with E-state index in [9.17, 15) is 14.7 Å². The van der Waals surface area contributed by atoms with Gasteiger partial charge in [0.25, 0.3) is 0 Å². The van der Waals surface area contributed by atoms with Crippen LogP contribution in [-0.2, 0) is 9.59 Å². The van der Waals surface area contributed by atoms with Crippen LogP contribution in [0.4, 0.5) is 5.69 Å². The van der Waals surface area contributed by atoms with Crippen molar-refractivity contribution in [3.8, 4) is 5.75 Å². The smallest absolute Gasteiger partial charge is 0.237 e. The first kappa shape index (κ1) is 12.2. The number of amides is 2. The molecule has 1 saturated heterocycles. The van der Waals surface area contributed by atoms with Gasteiger partial charge in [0.15, 0.2) is 0 Å². The summed E-state index contributed by atoms with van der Waals surface area (Å²) in [5.41, 5.74) is 0.484. The fraction of sp³-hybridized carbons (Fsp3) is 0.467. The quantitative estimate of drug-likeness (QED) is 0.829. The number of nitrogens with zero attached hydrogens (tertiary/aromatic N) is 1. The number of phenolic OH excluding ortho intramolecular Hbond substituents is 1. The van der Waals surface area contributed by atoms with Crippen LogP contribution in [0.1, 0.15) is 26.2 Å². The number of carbonyl (C=O) groups excluding carboxylic acids is 2. The van der Waals surface area contributed by atoms with Crippen molar-refractivity contribution in [2.45, 2.75) is 26.2 Å². The molecule has 1 aromatic carbocycles. The number of anilines is 1. The molecule has 2 amide bonds. The molecular weight excluding hydrogens is 242 g/mol. The van der Waals surface area contributed by atoms with Crippen LogP contribution in [0.2, 0.25) is 0 Å². The monoisotopic (exact) mass is 259 g/mol. The molecule has 0 bridgehead atoms. The first-order chi connectivity index (χ1) is 9.11. The lowest BCUT2D eigenvalue weighted by molar-refractivity contribution is -0.123. The summed E-state index contributed by atoms with van der Waals surface area (Å²) >= 11 is 0. The van der Waals surface area contributed by atoms with Crippen molar-refractivity contribution >= 4 is 17.5 Å². The molecule has 19 heavy (non-hydrogen) atoms. The Labute approximate surface area is 112 Å². The highest BCUT2D eigenvalue weighted by Crippen LogP contribution is 2.45. The third kappa shape index (κ3) is 1.82. The largest absolute Gasteiger partial charge is 0.508 e. The maximum Gasteiger partial charge on any atom is 0.237 e. The summed E-state index contributed by atoms with van der Waals surface area (Å²) in [4.78, 5) is 26.0. The zero-order valence-electron chi connectivity index (χ0n) is 10.9. The fourth-order valence-electron chi connectivity index (χ4n) is 3.35. The Bertz CT molecular complexity index is 516. The van der Waals surface area contributed by atoms with E-state index in [0.717, 1.165) is 19.3 Å². The highest BCUT2D eigenvalue weighted by molar-refractivity contribution is 6.22. The standard InChI is InChI=1S/C15H17NO3/c1-2-9-6-12-13(7-9)15(19)16(14(12)18)10-4-3-5-11(17)8-10/h3-5,8-9,12-13,17H,2,6-7H2,1H3. The highest BCUT2D eigenvalue weighted by Gasteiger charge is 2.52. The van der Waals surface area contributed by atoms with Crippen LogP contribution < -0.4 is 4.90 Å². The number of aromatic hydroxyl groups is 1. The number of hydrogen-bond donors (Lipinski definition) is 1. The van der Waals surface area contributed by atoms with Gasteiger partial charge < -0.3 is 5.11 Å². The minimum Gasteiger partial charge on any atom is -0.508 e. The van der Waals surface area contributed by atoms with Gasteiger partial charge in [-0.1, -0.05) is 19.4 Å². The normalized spacial score (nSPS) is 29.9. The predicted molar refractivity (Wildman–Crippen MR) is 70.6 cm³/mol. The zero-order valence-corrected chi connectivity index (χ0v) is 10.9. The van der Waals surface area contributed by atoms with Gasteiger partial charge in [0, 0.05) is 6.07 Å². The van der Waals surface area contributed by atoms with Crippen LogP contribution in [0.5, 0.6) is 5.75 Å². The lowest BCUT2D eigenvalue weighted by Crippen LogP contribution is -2.32. The number of rotatable bonds is 2. The van der Waals surface area contributed by atoms with Crippen LogP contribution in [-0.4, -0.2) is 16.9 Å². The van der Waals surface area contributed by atoms with Gasteiger partial charge in [0.1, 0.15) is 5.75 Å². The first-order valence-electron chi connectivity index (χ1n) is 6.78. The Morgan fingerprint density at radius 3 is 2.37 bits per heavy atom. The molecule has 1 N–H and O–H groups in total. The van der Waals surface area contributed by atoms with E-state index in [1.54, 1.807) is 12.1 Å². The molecular formula is C15H17NO3. The molecule has 2 aliphatic rings. The molecule has 1 aliphatic heterocycles.